The number of hydrogen-bond donors (Lipinski definition) is 0. The SMILES string of the molecule is Cc1csc(-c2ccc(OCc3nc4ccccc4s3)cc2)n1. The van der Waals surface area contributed by atoms with E-state index in [1.807, 2.05) is 49.4 Å². The van der Waals surface area contributed by atoms with Crippen LogP contribution in [0.25, 0.3) is 20.8 Å². The van der Waals surface area contributed by atoms with Crippen molar-refractivity contribution in [2.75, 3.05) is 0 Å². The van der Waals surface area contributed by atoms with Gasteiger partial charge < -0.3 is 4.74 Å². The summed E-state index contributed by atoms with van der Waals surface area (Å²) in [6, 6.07) is 16.2. The van der Waals surface area contributed by atoms with Crippen molar-refractivity contribution in [1.29, 1.82) is 0 Å². The second-order valence-electron chi connectivity index (χ2n) is 5.18. The van der Waals surface area contributed by atoms with Crippen LogP contribution in [0.15, 0.2) is 53.9 Å². The topological polar surface area (TPSA) is 35.0 Å². The summed E-state index contributed by atoms with van der Waals surface area (Å²) in [5.74, 6) is 0.848. The fraction of sp³-hybridized carbons (Fsp3) is 0.111. The van der Waals surface area contributed by atoms with Crippen LogP contribution in [-0.4, -0.2) is 9.97 Å². The molecule has 4 rings (SSSR count). The molecule has 4 aromatic rings. The summed E-state index contributed by atoms with van der Waals surface area (Å²) in [7, 11) is 0. The van der Waals surface area contributed by atoms with Gasteiger partial charge in [0.2, 0.25) is 0 Å². The summed E-state index contributed by atoms with van der Waals surface area (Å²) in [5, 5.41) is 4.10. The van der Waals surface area contributed by atoms with Crippen LogP contribution in [0, 0.1) is 6.92 Å². The van der Waals surface area contributed by atoms with Gasteiger partial charge in [0, 0.05) is 16.6 Å². The molecule has 0 spiro atoms. The summed E-state index contributed by atoms with van der Waals surface area (Å²) in [6.45, 7) is 2.50. The maximum atomic E-state index is 5.85. The molecule has 114 valence electrons. The van der Waals surface area contributed by atoms with Gasteiger partial charge in [-0.3, -0.25) is 0 Å². The molecule has 0 unspecified atom stereocenters. The van der Waals surface area contributed by atoms with Crippen LogP contribution >= 0.6 is 22.7 Å². The molecule has 5 heteroatoms. The molecule has 0 aliphatic carbocycles. The second kappa shape index (κ2) is 6.10. The molecule has 0 aliphatic heterocycles. The summed E-state index contributed by atoms with van der Waals surface area (Å²) in [5.41, 5.74) is 3.21. The highest BCUT2D eigenvalue weighted by Gasteiger charge is 2.05. The van der Waals surface area contributed by atoms with Crippen molar-refractivity contribution >= 4 is 32.9 Å². The van der Waals surface area contributed by atoms with E-state index >= 15 is 0 Å². The Kier molecular flexibility index (Phi) is 3.81. The van der Waals surface area contributed by atoms with Gasteiger partial charge in [-0.2, -0.15) is 0 Å². The zero-order valence-corrected chi connectivity index (χ0v) is 14.2. The van der Waals surface area contributed by atoms with Crippen LogP contribution in [0.3, 0.4) is 0 Å². The first kappa shape index (κ1) is 14.4. The van der Waals surface area contributed by atoms with Gasteiger partial charge in [0.25, 0.3) is 0 Å². The number of aromatic nitrogens is 2. The molecule has 2 heterocycles. The van der Waals surface area contributed by atoms with Crippen molar-refractivity contribution in [2.24, 2.45) is 0 Å². The Hall–Kier alpha value is -2.24. The maximum Gasteiger partial charge on any atom is 0.140 e. The molecule has 2 aromatic heterocycles. The highest BCUT2D eigenvalue weighted by molar-refractivity contribution is 7.18. The molecule has 0 N–H and O–H groups in total. The molecule has 23 heavy (non-hydrogen) atoms. The predicted molar refractivity (Wildman–Crippen MR) is 96.2 cm³/mol. The highest BCUT2D eigenvalue weighted by Crippen LogP contribution is 2.27. The van der Waals surface area contributed by atoms with E-state index in [0.717, 1.165) is 32.5 Å². The average molecular weight is 338 g/mol. The lowest BCUT2D eigenvalue weighted by atomic mass is 10.2. The number of thiazole rings is 2. The number of aryl methyl sites for hydroxylation is 1. The fourth-order valence-corrected chi connectivity index (χ4v) is 3.99. The zero-order chi connectivity index (χ0) is 15.6. The van der Waals surface area contributed by atoms with Gasteiger partial charge in [0.1, 0.15) is 22.4 Å². The van der Waals surface area contributed by atoms with Crippen molar-refractivity contribution in [1.82, 2.24) is 9.97 Å². The van der Waals surface area contributed by atoms with E-state index in [1.54, 1.807) is 22.7 Å². The third kappa shape index (κ3) is 3.11. The summed E-state index contributed by atoms with van der Waals surface area (Å²) >= 11 is 3.34. The zero-order valence-electron chi connectivity index (χ0n) is 12.5. The van der Waals surface area contributed by atoms with Gasteiger partial charge in [0.05, 0.1) is 10.2 Å². The molecule has 2 aromatic carbocycles. The third-order valence-electron chi connectivity index (χ3n) is 3.42. The van der Waals surface area contributed by atoms with Crippen molar-refractivity contribution < 1.29 is 4.74 Å². The van der Waals surface area contributed by atoms with Crippen molar-refractivity contribution in [3.8, 4) is 16.3 Å². The predicted octanol–water partition coefficient (Wildman–Crippen LogP) is 5.31. The molecule has 0 saturated carbocycles. The Morgan fingerprint density at radius 1 is 1.00 bits per heavy atom. The Labute approximate surface area is 142 Å². The number of rotatable bonds is 4. The quantitative estimate of drug-likeness (QED) is 0.506. The minimum atomic E-state index is 0.495. The van der Waals surface area contributed by atoms with Crippen LogP contribution < -0.4 is 4.74 Å². The van der Waals surface area contributed by atoms with E-state index in [4.69, 9.17) is 4.74 Å². The summed E-state index contributed by atoms with van der Waals surface area (Å²) in [4.78, 5) is 9.08. The molecule has 0 radical (unpaired) electrons. The van der Waals surface area contributed by atoms with E-state index < -0.39 is 0 Å². The molecule has 0 atom stereocenters. The maximum absolute atomic E-state index is 5.85. The van der Waals surface area contributed by atoms with Gasteiger partial charge in [-0.05, 0) is 43.3 Å². The number of benzene rings is 2. The lowest BCUT2D eigenvalue weighted by Crippen LogP contribution is -1.94. The van der Waals surface area contributed by atoms with E-state index in [2.05, 4.69) is 21.4 Å². The fourth-order valence-electron chi connectivity index (χ4n) is 2.31. The first-order chi connectivity index (χ1) is 11.3. The smallest absolute Gasteiger partial charge is 0.140 e. The van der Waals surface area contributed by atoms with Crippen LogP contribution in [0.1, 0.15) is 10.7 Å². The highest BCUT2D eigenvalue weighted by atomic mass is 32.1. The summed E-state index contributed by atoms with van der Waals surface area (Å²) in [6.07, 6.45) is 0. The molecule has 3 nitrogen and oxygen atoms in total. The Morgan fingerprint density at radius 3 is 2.57 bits per heavy atom. The molecular formula is C18H14N2OS2. The van der Waals surface area contributed by atoms with E-state index in [9.17, 15) is 0 Å². The minimum Gasteiger partial charge on any atom is -0.486 e. The molecule has 0 bridgehead atoms. The minimum absolute atomic E-state index is 0.495. The number of nitrogens with zero attached hydrogens (tertiary/aromatic N) is 2. The van der Waals surface area contributed by atoms with Crippen LogP contribution in [0.4, 0.5) is 0 Å². The van der Waals surface area contributed by atoms with Crippen molar-refractivity contribution in [3.05, 3.63) is 64.6 Å². The third-order valence-corrected chi connectivity index (χ3v) is 5.44. The molecule has 0 aliphatic rings. The molecule has 0 amide bonds. The number of para-hydroxylation sites is 1. The van der Waals surface area contributed by atoms with E-state index in [1.165, 1.54) is 4.70 Å². The van der Waals surface area contributed by atoms with E-state index in [0.29, 0.717) is 6.61 Å². The normalized spacial score (nSPS) is 11.0. The lowest BCUT2D eigenvalue weighted by molar-refractivity contribution is 0.306. The largest absolute Gasteiger partial charge is 0.486 e. The van der Waals surface area contributed by atoms with Crippen LogP contribution in [0.5, 0.6) is 5.75 Å². The average Bonchev–Trinajstić information content (AvgIpc) is 3.19. The monoisotopic (exact) mass is 338 g/mol. The lowest BCUT2D eigenvalue weighted by Gasteiger charge is -2.04. The number of ether oxygens (including phenoxy) is 1. The van der Waals surface area contributed by atoms with Crippen molar-refractivity contribution in [2.45, 2.75) is 13.5 Å². The van der Waals surface area contributed by atoms with E-state index in [-0.39, 0.29) is 0 Å². The number of fused-ring (bicyclic) bond motifs is 1. The van der Waals surface area contributed by atoms with Gasteiger partial charge in [0.15, 0.2) is 0 Å². The van der Waals surface area contributed by atoms with Gasteiger partial charge in [-0.1, -0.05) is 12.1 Å². The molecule has 0 fully saturated rings. The van der Waals surface area contributed by atoms with Crippen molar-refractivity contribution in [3.63, 3.8) is 0 Å². The van der Waals surface area contributed by atoms with Crippen LogP contribution in [0.2, 0.25) is 0 Å². The second-order valence-corrected chi connectivity index (χ2v) is 7.16. The Balaban J connectivity index is 1.46. The number of hydrogen-bond acceptors (Lipinski definition) is 5. The standard InChI is InChI=1S/C18H14N2OS2/c1-12-11-22-18(19-12)13-6-8-14(9-7-13)21-10-17-20-15-4-2-3-5-16(15)23-17/h2-9,11H,10H2,1H3. The summed E-state index contributed by atoms with van der Waals surface area (Å²) < 4.78 is 7.04. The molecular weight excluding hydrogens is 324 g/mol. The van der Waals surface area contributed by atoms with Gasteiger partial charge in [-0.15, -0.1) is 22.7 Å². The molecule has 0 saturated heterocycles. The Morgan fingerprint density at radius 2 is 1.83 bits per heavy atom. The Bertz CT molecular complexity index is 908. The first-order valence-electron chi connectivity index (χ1n) is 7.28. The van der Waals surface area contributed by atoms with Gasteiger partial charge in [-0.25, -0.2) is 9.97 Å². The van der Waals surface area contributed by atoms with Crippen LogP contribution in [-0.2, 0) is 6.61 Å². The van der Waals surface area contributed by atoms with Gasteiger partial charge >= 0.3 is 0 Å². The first-order valence-corrected chi connectivity index (χ1v) is 8.97.